The van der Waals surface area contributed by atoms with E-state index in [1.165, 1.54) is 19.1 Å². The minimum atomic E-state index is -0.975. The van der Waals surface area contributed by atoms with E-state index in [-0.39, 0.29) is 23.3 Å². The van der Waals surface area contributed by atoms with Gasteiger partial charge in [-0.05, 0) is 88.4 Å². The number of likely N-dealkylation sites (tertiary alicyclic amines) is 1. The Hall–Kier alpha value is -3.10. The summed E-state index contributed by atoms with van der Waals surface area (Å²) in [6, 6.07) is 13.1. The predicted octanol–water partition coefficient (Wildman–Crippen LogP) is 4.04. The summed E-state index contributed by atoms with van der Waals surface area (Å²) < 4.78 is 13.3. The maximum Gasteiger partial charge on any atom is 0.320 e. The lowest BCUT2D eigenvalue weighted by Gasteiger charge is -2.46. The highest BCUT2D eigenvalue weighted by Crippen LogP contribution is 2.30. The molecule has 0 radical (unpaired) electrons. The molecule has 2 amide bonds. The highest BCUT2D eigenvalue weighted by Gasteiger charge is 2.47. The van der Waals surface area contributed by atoms with E-state index in [1.807, 2.05) is 12.1 Å². The van der Waals surface area contributed by atoms with Crippen LogP contribution < -0.4 is 16.0 Å². The molecule has 2 aliphatic rings. The lowest BCUT2D eigenvalue weighted by Crippen LogP contribution is -2.67. The molecule has 0 aliphatic carbocycles. The number of rotatable bonds is 8. The Morgan fingerprint density at radius 3 is 2.65 bits per heavy atom. The summed E-state index contributed by atoms with van der Waals surface area (Å²) in [7, 11) is 0. The number of hydrogen-bond acceptors (Lipinski definition) is 5. The third-order valence-electron chi connectivity index (χ3n) is 7.79. The Labute approximate surface area is 218 Å². The SMILES string of the molecule is CC(=O)c1cccc(NC(=O)N[C@]2(C(C)=O)CCNC[C@@H]2CN2CCC[C@@H](Cc3ccc(F)cc3)C2)c1. The Morgan fingerprint density at radius 1 is 1.14 bits per heavy atom. The van der Waals surface area contributed by atoms with Crippen molar-refractivity contribution in [2.75, 3.05) is 38.0 Å². The van der Waals surface area contributed by atoms with Crippen LogP contribution in [0.4, 0.5) is 14.9 Å². The summed E-state index contributed by atoms with van der Waals surface area (Å²) in [5, 5.41) is 9.26. The van der Waals surface area contributed by atoms with Crippen molar-refractivity contribution in [3.05, 3.63) is 65.5 Å². The van der Waals surface area contributed by atoms with Crippen LogP contribution in [0, 0.1) is 17.7 Å². The second kappa shape index (κ2) is 12.0. The first-order chi connectivity index (χ1) is 17.7. The molecule has 3 N–H and O–H groups in total. The van der Waals surface area contributed by atoms with Gasteiger partial charge in [-0.15, -0.1) is 0 Å². The van der Waals surface area contributed by atoms with Crippen molar-refractivity contribution in [2.24, 2.45) is 11.8 Å². The number of benzene rings is 2. The maximum atomic E-state index is 13.3. The quantitative estimate of drug-likeness (QED) is 0.468. The highest BCUT2D eigenvalue weighted by atomic mass is 19.1. The molecule has 0 saturated carbocycles. The van der Waals surface area contributed by atoms with Gasteiger partial charge in [0.25, 0.3) is 0 Å². The zero-order valence-electron chi connectivity index (χ0n) is 21.7. The summed E-state index contributed by atoms with van der Waals surface area (Å²) in [6.07, 6.45) is 3.60. The fourth-order valence-corrected chi connectivity index (χ4v) is 5.81. The molecule has 3 atom stereocenters. The van der Waals surface area contributed by atoms with Gasteiger partial charge in [0.05, 0.1) is 0 Å². The van der Waals surface area contributed by atoms with Gasteiger partial charge in [0.2, 0.25) is 0 Å². The fraction of sp³-hybridized carbons (Fsp3) is 0.483. The number of nitrogens with zero attached hydrogens (tertiary/aromatic N) is 1. The molecule has 2 aromatic carbocycles. The molecule has 0 bridgehead atoms. The van der Waals surface area contributed by atoms with E-state index in [2.05, 4.69) is 20.9 Å². The summed E-state index contributed by atoms with van der Waals surface area (Å²) >= 11 is 0. The van der Waals surface area contributed by atoms with E-state index in [9.17, 15) is 18.8 Å². The Kier molecular flexibility index (Phi) is 8.71. The number of ketones is 2. The number of amides is 2. The zero-order chi connectivity index (χ0) is 26.4. The molecule has 0 aromatic heterocycles. The normalized spacial score (nSPS) is 24.3. The third-order valence-corrected chi connectivity index (χ3v) is 7.79. The van der Waals surface area contributed by atoms with E-state index in [0.717, 1.165) is 37.9 Å². The smallest absolute Gasteiger partial charge is 0.320 e. The van der Waals surface area contributed by atoms with Crippen molar-refractivity contribution in [3.8, 4) is 0 Å². The van der Waals surface area contributed by atoms with Gasteiger partial charge in [0, 0.05) is 36.8 Å². The Balaban J connectivity index is 1.43. The molecule has 0 unspecified atom stereocenters. The van der Waals surface area contributed by atoms with Gasteiger partial charge in [0.1, 0.15) is 11.4 Å². The second-order valence-corrected chi connectivity index (χ2v) is 10.5. The minimum Gasteiger partial charge on any atom is -0.325 e. The number of hydrogen-bond donors (Lipinski definition) is 3. The number of urea groups is 1. The van der Waals surface area contributed by atoms with Gasteiger partial charge in [0.15, 0.2) is 11.6 Å². The van der Waals surface area contributed by atoms with Crippen molar-refractivity contribution in [1.29, 1.82) is 0 Å². The minimum absolute atomic E-state index is 0.0495. The first-order valence-electron chi connectivity index (χ1n) is 13.1. The molecular weight excluding hydrogens is 471 g/mol. The van der Waals surface area contributed by atoms with Gasteiger partial charge in [-0.1, -0.05) is 24.3 Å². The van der Waals surface area contributed by atoms with Gasteiger partial charge < -0.3 is 20.9 Å². The molecule has 2 aliphatic heterocycles. The van der Waals surface area contributed by atoms with E-state index in [0.29, 0.717) is 43.2 Å². The molecule has 2 aromatic rings. The number of piperidine rings is 2. The van der Waals surface area contributed by atoms with Gasteiger partial charge in [-0.3, -0.25) is 9.59 Å². The zero-order valence-corrected chi connectivity index (χ0v) is 21.7. The Morgan fingerprint density at radius 2 is 1.92 bits per heavy atom. The molecule has 7 nitrogen and oxygen atoms in total. The number of carbonyl (C=O) groups is 3. The first kappa shape index (κ1) is 26.9. The number of Topliss-reactive ketones (excluding diaryl/α,β-unsaturated/α-hetero) is 2. The van der Waals surface area contributed by atoms with Crippen LogP contribution in [-0.4, -0.2) is 60.8 Å². The molecule has 4 rings (SSSR count). The van der Waals surface area contributed by atoms with Gasteiger partial charge >= 0.3 is 6.03 Å². The predicted molar refractivity (Wildman–Crippen MR) is 142 cm³/mol. The average molecular weight is 509 g/mol. The van der Waals surface area contributed by atoms with E-state index < -0.39 is 11.6 Å². The standard InChI is InChI=1S/C29H37FN4O3/c1-20(35)24-6-3-7-27(16-24)32-28(37)33-29(21(2)36)12-13-31-17-25(29)19-34-14-4-5-23(18-34)15-22-8-10-26(30)11-9-22/h3,6-11,16,23,25,31H,4-5,12-15,17-19H2,1-2H3,(H2,32,33,37)/t23-,25+,29-/m0/s1. The van der Waals surface area contributed by atoms with Crippen LogP contribution >= 0.6 is 0 Å². The Bertz CT molecular complexity index is 1120. The number of halogens is 1. The molecular formula is C29H37FN4O3. The maximum absolute atomic E-state index is 13.3. The first-order valence-corrected chi connectivity index (χ1v) is 13.1. The lowest BCUT2D eigenvalue weighted by atomic mass is 9.75. The van der Waals surface area contributed by atoms with Crippen LogP contribution in [0.3, 0.4) is 0 Å². The van der Waals surface area contributed by atoms with Crippen LogP contribution in [0.15, 0.2) is 48.5 Å². The monoisotopic (exact) mass is 508 g/mol. The third kappa shape index (κ3) is 6.81. The van der Waals surface area contributed by atoms with E-state index in [1.54, 1.807) is 31.2 Å². The van der Waals surface area contributed by atoms with E-state index >= 15 is 0 Å². The van der Waals surface area contributed by atoms with Crippen molar-refractivity contribution < 1.29 is 18.8 Å². The van der Waals surface area contributed by atoms with Crippen molar-refractivity contribution in [3.63, 3.8) is 0 Å². The van der Waals surface area contributed by atoms with Crippen LogP contribution in [-0.2, 0) is 11.2 Å². The van der Waals surface area contributed by atoms with Gasteiger partial charge in [-0.25, -0.2) is 9.18 Å². The molecule has 2 saturated heterocycles. The van der Waals surface area contributed by atoms with Crippen LogP contribution in [0.1, 0.15) is 49.0 Å². The van der Waals surface area contributed by atoms with Crippen molar-refractivity contribution >= 4 is 23.3 Å². The molecule has 2 fully saturated rings. The highest BCUT2D eigenvalue weighted by molar-refractivity contribution is 5.98. The summed E-state index contributed by atoms with van der Waals surface area (Å²) in [5.74, 6) is 0.0286. The molecule has 8 heteroatoms. The molecule has 198 valence electrons. The molecule has 37 heavy (non-hydrogen) atoms. The largest absolute Gasteiger partial charge is 0.325 e. The van der Waals surface area contributed by atoms with Crippen molar-refractivity contribution in [1.82, 2.24) is 15.5 Å². The number of nitrogens with one attached hydrogen (secondary N) is 3. The van der Waals surface area contributed by atoms with Crippen LogP contribution in [0.25, 0.3) is 0 Å². The number of anilines is 1. The van der Waals surface area contributed by atoms with E-state index in [4.69, 9.17) is 0 Å². The summed E-state index contributed by atoms with van der Waals surface area (Å²) in [4.78, 5) is 40.3. The lowest BCUT2D eigenvalue weighted by molar-refractivity contribution is -0.126. The van der Waals surface area contributed by atoms with Gasteiger partial charge in [-0.2, -0.15) is 0 Å². The molecule has 0 spiro atoms. The van der Waals surface area contributed by atoms with Crippen molar-refractivity contribution in [2.45, 2.75) is 45.1 Å². The van der Waals surface area contributed by atoms with Crippen LogP contribution in [0.2, 0.25) is 0 Å². The van der Waals surface area contributed by atoms with Crippen LogP contribution in [0.5, 0.6) is 0 Å². The fourth-order valence-electron chi connectivity index (χ4n) is 5.81. The topological polar surface area (TPSA) is 90.5 Å². The summed E-state index contributed by atoms with van der Waals surface area (Å²) in [5.41, 5.74) is 1.18. The average Bonchev–Trinajstić information content (AvgIpc) is 2.87. The summed E-state index contributed by atoms with van der Waals surface area (Å²) in [6.45, 7) is 6.88. The number of carbonyl (C=O) groups excluding carboxylic acids is 3. The second-order valence-electron chi connectivity index (χ2n) is 10.5. The molecule has 2 heterocycles.